The van der Waals surface area contributed by atoms with Gasteiger partial charge in [0.1, 0.15) is 0 Å². The van der Waals surface area contributed by atoms with E-state index in [1.165, 1.54) is 5.57 Å². The summed E-state index contributed by atoms with van der Waals surface area (Å²) in [6, 6.07) is 13.4. The van der Waals surface area contributed by atoms with Crippen molar-refractivity contribution in [3.8, 4) is 0 Å². The molecule has 0 fully saturated rings. The Labute approximate surface area is 152 Å². The zero-order chi connectivity index (χ0) is 17.9. The number of carbonyl (C=O) groups excluding carboxylic acids is 1. The summed E-state index contributed by atoms with van der Waals surface area (Å²) in [5, 5.41) is 9.81. The highest BCUT2D eigenvalue weighted by molar-refractivity contribution is 6.14. The van der Waals surface area contributed by atoms with E-state index in [1.807, 2.05) is 53.6 Å². The van der Waals surface area contributed by atoms with Gasteiger partial charge < -0.3 is 10.0 Å². The number of aliphatic imine (C=N–C) groups is 1. The fraction of sp³-hybridized carbons (Fsp3) is 0.286. The standard InChI is InChI=1S/C21H21N3O2/c25-14-19(15-5-2-1-3-6-15)21(26)24-12-17-8-10-23-20(18(17)13-24)16-7-4-9-22-11-16/h1-7,9,11,19,25H,8,10,12-14H2. The van der Waals surface area contributed by atoms with Crippen molar-refractivity contribution in [1.82, 2.24) is 9.88 Å². The molecule has 1 atom stereocenters. The summed E-state index contributed by atoms with van der Waals surface area (Å²) in [6.07, 6.45) is 4.45. The third-order valence-electron chi connectivity index (χ3n) is 5.06. The average molecular weight is 347 g/mol. The Morgan fingerprint density at radius 1 is 1.15 bits per heavy atom. The molecule has 5 nitrogen and oxygen atoms in total. The summed E-state index contributed by atoms with van der Waals surface area (Å²) in [4.78, 5) is 23.8. The molecule has 26 heavy (non-hydrogen) atoms. The van der Waals surface area contributed by atoms with Gasteiger partial charge in [-0.05, 0) is 35.3 Å². The Hall–Kier alpha value is -2.79. The van der Waals surface area contributed by atoms with Crippen molar-refractivity contribution in [3.05, 3.63) is 77.1 Å². The average Bonchev–Trinajstić information content (AvgIpc) is 3.14. The number of rotatable bonds is 4. The van der Waals surface area contributed by atoms with Gasteiger partial charge in [-0.25, -0.2) is 0 Å². The van der Waals surface area contributed by atoms with Crippen LogP contribution >= 0.6 is 0 Å². The molecule has 4 rings (SSSR count). The van der Waals surface area contributed by atoms with Crippen molar-refractivity contribution in [3.63, 3.8) is 0 Å². The van der Waals surface area contributed by atoms with Gasteiger partial charge in [-0.3, -0.25) is 14.8 Å². The second-order valence-corrected chi connectivity index (χ2v) is 6.64. The van der Waals surface area contributed by atoms with Gasteiger partial charge in [0.25, 0.3) is 0 Å². The van der Waals surface area contributed by atoms with Crippen LogP contribution in [0.15, 0.2) is 71.0 Å². The van der Waals surface area contributed by atoms with Crippen LogP contribution in [0.2, 0.25) is 0 Å². The monoisotopic (exact) mass is 347 g/mol. The number of dihydropyridines is 1. The van der Waals surface area contributed by atoms with Crippen LogP contribution in [0, 0.1) is 0 Å². The van der Waals surface area contributed by atoms with Gasteiger partial charge in [0.2, 0.25) is 5.91 Å². The number of aliphatic hydroxyl groups is 1. The molecule has 0 saturated heterocycles. The van der Waals surface area contributed by atoms with Gasteiger partial charge in [0.05, 0.1) is 18.2 Å². The van der Waals surface area contributed by atoms with E-state index in [2.05, 4.69) is 4.98 Å². The van der Waals surface area contributed by atoms with Crippen LogP contribution in [0.5, 0.6) is 0 Å². The SMILES string of the molecule is O=C(C(CO)c1ccccc1)N1CC2=C(C1)C(c1cccnc1)=NCC2. The molecule has 5 heteroatoms. The van der Waals surface area contributed by atoms with E-state index in [9.17, 15) is 9.90 Å². The van der Waals surface area contributed by atoms with Gasteiger partial charge in [-0.1, -0.05) is 30.3 Å². The topological polar surface area (TPSA) is 65.8 Å². The lowest BCUT2D eigenvalue weighted by Gasteiger charge is -2.23. The van der Waals surface area contributed by atoms with E-state index in [0.29, 0.717) is 13.1 Å². The number of aliphatic hydroxyl groups excluding tert-OH is 1. The van der Waals surface area contributed by atoms with Gasteiger partial charge in [0.15, 0.2) is 0 Å². The van der Waals surface area contributed by atoms with E-state index < -0.39 is 5.92 Å². The van der Waals surface area contributed by atoms with Crippen molar-refractivity contribution >= 4 is 11.6 Å². The molecular weight excluding hydrogens is 326 g/mol. The van der Waals surface area contributed by atoms with Crippen molar-refractivity contribution < 1.29 is 9.90 Å². The predicted molar refractivity (Wildman–Crippen MR) is 100 cm³/mol. The molecule has 1 aromatic heterocycles. The van der Waals surface area contributed by atoms with Crippen molar-refractivity contribution in [2.24, 2.45) is 4.99 Å². The highest BCUT2D eigenvalue weighted by Gasteiger charge is 2.34. The molecule has 1 N–H and O–H groups in total. The molecule has 1 aromatic carbocycles. The number of nitrogens with zero attached hydrogens (tertiary/aromatic N) is 3. The number of pyridine rings is 1. The lowest BCUT2D eigenvalue weighted by Crippen LogP contribution is -2.35. The number of hydrogen-bond donors (Lipinski definition) is 1. The van der Waals surface area contributed by atoms with Crippen LogP contribution in [0.25, 0.3) is 0 Å². The third-order valence-corrected chi connectivity index (χ3v) is 5.06. The summed E-state index contributed by atoms with van der Waals surface area (Å²) in [6.45, 7) is 1.72. The first-order valence-electron chi connectivity index (χ1n) is 8.88. The minimum atomic E-state index is -0.517. The van der Waals surface area contributed by atoms with Gasteiger partial charge in [0, 0.05) is 37.6 Å². The maximum absolute atomic E-state index is 13.1. The first-order chi connectivity index (χ1) is 12.8. The molecule has 2 aliphatic heterocycles. The Morgan fingerprint density at radius 3 is 2.73 bits per heavy atom. The molecule has 1 unspecified atom stereocenters. The molecule has 3 heterocycles. The van der Waals surface area contributed by atoms with E-state index in [-0.39, 0.29) is 12.5 Å². The van der Waals surface area contributed by atoms with Crippen molar-refractivity contribution in [2.75, 3.05) is 26.2 Å². The fourth-order valence-corrected chi connectivity index (χ4v) is 3.71. The van der Waals surface area contributed by atoms with Crippen LogP contribution in [0.4, 0.5) is 0 Å². The first kappa shape index (κ1) is 16.7. The van der Waals surface area contributed by atoms with Crippen LogP contribution in [0.1, 0.15) is 23.5 Å². The molecule has 0 spiro atoms. The lowest BCUT2D eigenvalue weighted by molar-refractivity contribution is -0.132. The van der Waals surface area contributed by atoms with E-state index in [0.717, 1.165) is 35.4 Å². The second kappa shape index (κ2) is 7.22. The second-order valence-electron chi connectivity index (χ2n) is 6.64. The number of carbonyl (C=O) groups is 1. The van der Waals surface area contributed by atoms with Gasteiger partial charge in [-0.2, -0.15) is 0 Å². The zero-order valence-corrected chi connectivity index (χ0v) is 14.5. The fourth-order valence-electron chi connectivity index (χ4n) is 3.71. The number of amides is 1. The van der Waals surface area contributed by atoms with Crippen molar-refractivity contribution in [2.45, 2.75) is 12.3 Å². The quantitative estimate of drug-likeness (QED) is 0.922. The van der Waals surface area contributed by atoms with Crippen molar-refractivity contribution in [1.29, 1.82) is 0 Å². The molecular formula is C21H21N3O2. The van der Waals surface area contributed by atoms with Crippen LogP contribution in [0.3, 0.4) is 0 Å². The smallest absolute Gasteiger partial charge is 0.233 e. The summed E-state index contributed by atoms with van der Waals surface area (Å²) < 4.78 is 0. The van der Waals surface area contributed by atoms with Gasteiger partial charge >= 0.3 is 0 Å². The Bertz CT molecular complexity index is 859. The van der Waals surface area contributed by atoms with Gasteiger partial charge in [-0.15, -0.1) is 0 Å². The molecule has 0 aliphatic carbocycles. The zero-order valence-electron chi connectivity index (χ0n) is 14.5. The molecule has 2 aromatic rings. The summed E-state index contributed by atoms with van der Waals surface area (Å²) in [5.41, 5.74) is 5.22. The molecule has 0 radical (unpaired) electrons. The maximum atomic E-state index is 13.1. The summed E-state index contributed by atoms with van der Waals surface area (Å²) in [5.74, 6) is -0.546. The minimum absolute atomic E-state index is 0.0290. The molecule has 132 valence electrons. The molecule has 2 aliphatic rings. The molecule has 0 saturated carbocycles. The van der Waals surface area contributed by atoms with Crippen LogP contribution in [-0.4, -0.2) is 52.9 Å². The van der Waals surface area contributed by atoms with E-state index in [1.54, 1.807) is 6.20 Å². The third kappa shape index (κ3) is 3.06. The van der Waals surface area contributed by atoms with Crippen LogP contribution in [-0.2, 0) is 4.79 Å². The largest absolute Gasteiger partial charge is 0.395 e. The van der Waals surface area contributed by atoms with Crippen LogP contribution < -0.4 is 0 Å². The molecule has 0 bridgehead atoms. The Morgan fingerprint density at radius 2 is 2.00 bits per heavy atom. The highest BCUT2D eigenvalue weighted by atomic mass is 16.3. The maximum Gasteiger partial charge on any atom is 0.233 e. The number of benzene rings is 1. The predicted octanol–water partition coefficient (Wildman–Crippen LogP) is 2.19. The highest BCUT2D eigenvalue weighted by Crippen LogP contribution is 2.30. The first-order valence-corrected chi connectivity index (χ1v) is 8.88. The normalized spacial score (nSPS) is 17.7. The summed E-state index contributed by atoms with van der Waals surface area (Å²) >= 11 is 0. The number of hydrogen-bond acceptors (Lipinski definition) is 4. The Balaban J connectivity index is 1.55. The molecule has 1 amide bonds. The Kier molecular flexibility index (Phi) is 4.63. The van der Waals surface area contributed by atoms with E-state index in [4.69, 9.17) is 4.99 Å². The number of aromatic nitrogens is 1. The lowest BCUT2D eigenvalue weighted by atomic mass is 9.96. The summed E-state index contributed by atoms with van der Waals surface area (Å²) in [7, 11) is 0. The minimum Gasteiger partial charge on any atom is -0.395 e. The van der Waals surface area contributed by atoms with E-state index >= 15 is 0 Å².